The van der Waals surface area contributed by atoms with Crippen LogP contribution in [0, 0.1) is 0 Å². The van der Waals surface area contributed by atoms with E-state index in [0.29, 0.717) is 12.2 Å². The van der Waals surface area contributed by atoms with Crippen LogP contribution in [-0.2, 0) is 50.6 Å². The van der Waals surface area contributed by atoms with Gasteiger partial charge in [-0.2, -0.15) is 0 Å². The number of nitrogens with zero attached hydrogens (tertiary/aromatic N) is 4. The van der Waals surface area contributed by atoms with Crippen molar-refractivity contribution in [3.8, 4) is 0 Å². The van der Waals surface area contributed by atoms with Crippen molar-refractivity contribution in [2.45, 2.75) is 62.3 Å². The molecule has 2 saturated heterocycles. The first kappa shape index (κ1) is 32.4. The molecule has 0 radical (unpaired) electrons. The summed E-state index contributed by atoms with van der Waals surface area (Å²) in [7, 11) is 1.89. The van der Waals surface area contributed by atoms with Crippen LogP contribution in [0.1, 0.15) is 53.1 Å². The molecule has 6 rings (SSSR count). The van der Waals surface area contributed by atoms with Crippen LogP contribution in [0.25, 0.3) is 0 Å². The molecule has 4 atom stereocenters. The third kappa shape index (κ3) is 8.06. The highest BCUT2D eigenvalue weighted by Gasteiger charge is 2.40. The summed E-state index contributed by atoms with van der Waals surface area (Å²) in [6.07, 6.45) is 0.355. The lowest BCUT2D eigenvalue weighted by atomic mass is 10.0. The minimum absolute atomic E-state index is 0.0338. The molecule has 2 N–H and O–H groups in total. The number of likely N-dealkylation sites (tertiary alicyclic amines) is 1. The fraction of sp³-hybridized carbons (Fsp3) is 0.324. The molecule has 0 aliphatic carbocycles. The number of hydrogen-bond acceptors (Lipinski definition) is 10. The molecular formula is C34H35N5O7S. The van der Waals surface area contributed by atoms with Crippen LogP contribution >= 0.6 is 11.8 Å². The maximum Gasteiger partial charge on any atom is 0.408 e. The van der Waals surface area contributed by atoms with Crippen molar-refractivity contribution in [1.29, 1.82) is 0 Å². The molecule has 0 saturated carbocycles. The van der Waals surface area contributed by atoms with Gasteiger partial charge in [0.1, 0.15) is 19.0 Å². The minimum atomic E-state index is -0.978. The molecule has 244 valence electrons. The minimum Gasteiger partial charge on any atom is -0.445 e. The van der Waals surface area contributed by atoms with Crippen molar-refractivity contribution in [2.24, 2.45) is 7.05 Å². The number of imide groups is 1. The topological polar surface area (TPSA) is 145 Å². The Hall–Kier alpha value is -4.56. The average molecular weight is 658 g/mol. The van der Waals surface area contributed by atoms with Crippen LogP contribution in [0.15, 0.2) is 90.3 Å². The Balaban J connectivity index is 1.08. The highest BCUT2D eigenvalue weighted by molar-refractivity contribution is 7.99. The monoisotopic (exact) mass is 657 g/mol. The molecule has 13 heteroatoms. The van der Waals surface area contributed by atoms with Gasteiger partial charge in [-0.05, 0) is 22.3 Å². The molecule has 3 amide bonds. The number of aliphatic hydroxyl groups is 1. The number of carbonyl (C=O) groups excluding carboxylic acids is 3. The van der Waals surface area contributed by atoms with E-state index in [9.17, 15) is 19.5 Å². The van der Waals surface area contributed by atoms with Gasteiger partial charge in [-0.15, -0.1) is 10.2 Å². The zero-order valence-electron chi connectivity index (χ0n) is 25.7. The molecule has 3 aromatic carbocycles. The van der Waals surface area contributed by atoms with E-state index < -0.39 is 24.3 Å². The molecule has 12 nitrogen and oxygen atoms in total. The maximum atomic E-state index is 13.0. The number of aliphatic hydroxyl groups excluding tert-OH is 1. The maximum absolute atomic E-state index is 13.0. The Morgan fingerprint density at radius 2 is 1.70 bits per heavy atom. The van der Waals surface area contributed by atoms with Gasteiger partial charge in [0.05, 0.1) is 31.8 Å². The lowest BCUT2D eigenvalue weighted by Gasteiger charge is -2.36. The van der Waals surface area contributed by atoms with Crippen LogP contribution < -0.4 is 5.32 Å². The highest BCUT2D eigenvalue weighted by atomic mass is 32.2. The molecule has 1 unspecified atom stereocenters. The first-order valence-corrected chi connectivity index (χ1v) is 16.2. The normalized spacial score (nSPS) is 21.2. The number of benzene rings is 3. The second-order valence-corrected chi connectivity index (χ2v) is 12.4. The Bertz CT molecular complexity index is 1680. The Kier molecular flexibility index (Phi) is 10.3. The molecule has 2 aliphatic heterocycles. The second-order valence-electron chi connectivity index (χ2n) is 11.4. The summed E-state index contributed by atoms with van der Waals surface area (Å²) in [5.74, 6) is -0.207. The summed E-state index contributed by atoms with van der Waals surface area (Å²) in [5.41, 5.74) is 4.15. The summed E-state index contributed by atoms with van der Waals surface area (Å²) in [4.78, 5) is 39.2. The van der Waals surface area contributed by atoms with Gasteiger partial charge in [0.25, 0.3) is 5.91 Å². The molecule has 1 aromatic heterocycles. The zero-order chi connectivity index (χ0) is 32.8. The van der Waals surface area contributed by atoms with E-state index in [4.69, 9.17) is 14.2 Å². The predicted molar refractivity (Wildman–Crippen MR) is 170 cm³/mol. The lowest BCUT2D eigenvalue weighted by Crippen LogP contribution is -2.41. The third-order valence-corrected chi connectivity index (χ3v) is 9.19. The molecule has 0 bridgehead atoms. The van der Waals surface area contributed by atoms with E-state index in [-0.39, 0.29) is 44.3 Å². The number of carbonyl (C=O) groups is 3. The fourth-order valence-electron chi connectivity index (χ4n) is 5.43. The summed E-state index contributed by atoms with van der Waals surface area (Å²) < 4.78 is 19.9. The number of alkyl carbamates (subject to hydrolysis) is 1. The largest absolute Gasteiger partial charge is 0.445 e. The van der Waals surface area contributed by atoms with Crippen molar-refractivity contribution in [2.75, 3.05) is 5.75 Å². The van der Waals surface area contributed by atoms with Gasteiger partial charge < -0.3 is 29.2 Å². The number of nitrogens with one attached hydrogen (secondary N) is 1. The molecule has 4 aromatic rings. The van der Waals surface area contributed by atoms with Crippen LogP contribution in [0.5, 0.6) is 0 Å². The van der Waals surface area contributed by atoms with Gasteiger partial charge in [0.15, 0.2) is 11.4 Å². The second kappa shape index (κ2) is 14.9. The van der Waals surface area contributed by atoms with E-state index in [1.807, 2.05) is 90.5 Å². The van der Waals surface area contributed by atoms with Gasteiger partial charge in [-0.3, -0.25) is 14.5 Å². The highest BCUT2D eigenvalue weighted by Crippen LogP contribution is 2.39. The van der Waals surface area contributed by atoms with E-state index >= 15 is 0 Å². The Morgan fingerprint density at radius 1 is 0.979 bits per heavy atom. The van der Waals surface area contributed by atoms with Gasteiger partial charge in [-0.1, -0.05) is 90.6 Å². The number of amides is 3. The van der Waals surface area contributed by atoms with E-state index in [1.54, 1.807) is 18.1 Å². The molecule has 47 heavy (non-hydrogen) atoms. The first-order chi connectivity index (χ1) is 22.9. The number of rotatable bonds is 11. The van der Waals surface area contributed by atoms with Crippen LogP contribution in [0.2, 0.25) is 0 Å². The van der Waals surface area contributed by atoms with E-state index in [2.05, 4.69) is 15.5 Å². The van der Waals surface area contributed by atoms with Gasteiger partial charge >= 0.3 is 6.09 Å². The van der Waals surface area contributed by atoms with Crippen molar-refractivity contribution in [3.63, 3.8) is 0 Å². The van der Waals surface area contributed by atoms with Gasteiger partial charge in [-0.25, -0.2) is 4.79 Å². The van der Waals surface area contributed by atoms with E-state index in [1.165, 1.54) is 0 Å². The smallest absolute Gasteiger partial charge is 0.408 e. The molecule has 2 aliphatic rings. The van der Waals surface area contributed by atoms with Crippen LogP contribution in [0.3, 0.4) is 0 Å². The number of hydrogen-bond donors (Lipinski definition) is 2. The summed E-state index contributed by atoms with van der Waals surface area (Å²) >= 11 is 1.56. The molecular weight excluding hydrogens is 622 g/mol. The van der Waals surface area contributed by atoms with Crippen molar-refractivity contribution >= 4 is 29.7 Å². The average Bonchev–Trinajstić information content (AvgIpc) is 3.63. The van der Waals surface area contributed by atoms with Crippen molar-refractivity contribution in [1.82, 2.24) is 25.0 Å². The Morgan fingerprint density at radius 3 is 2.40 bits per heavy atom. The SMILES string of the molecule is Cn1cnnc1SC[C@@H]1C[C@H](c2ccc(CO)cc2)O[C@H](c2ccc(CN3C(=O)CC(NC(=O)OCc4ccccc4)C3=O)cc2)O1. The van der Waals surface area contributed by atoms with Gasteiger partial charge in [0.2, 0.25) is 5.91 Å². The quantitative estimate of drug-likeness (QED) is 0.178. The Labute approximate surface area is 276 Å². The molecule has 0 spiro atoms. The van der Waals surface area contributed by atoms with Crippen LogP contribution in [-0.4, -0.2) is 60.6 Å². The predicted octanol–water partition coefficient (Wildman–Crippen LogP) is 4.20. The number of ether oxygens (including phenoxy) is 3. The summed E-state index contributed by atoms with van der Waals surface area (Å²) in [6.45, 7) is 0.0935. The lowest BCUT2D eigenvalue weighted by molar-refractivity contribution is -0.245. The third-order valence-electron chi connectivity index (χ3n) is 8.02. The number of aromatic nitrogens is 3. The van der Waals surface area contributed by atoms with Crippen LogP contribution in [0.4, 0.5) is 4.79 Å². The summed E-state index contributed by atoms with van der Waals surface area (Å²) in [6, 6.07) is 23.3. The zero-order valence-corrected chi connectivity index (χ0v) is 26.5. The van der Waals surface area contributed by atoms with Gasteiger partial charge in [0, 0.05) is 24.8 Å². The number of thioether (sulfide) groups is 1. The van der Waals surface area contributed by atoms with Crippen molar-refractivity contribution in [3.05, 3.63) is 113 Å². The summed E-state index contributed by atoms with van der Waals surface area (Å²) in [5, 5.41) is 20.9. The van der Waals surface area contributed by atoms with E-state index in [0.717, 1.165) is 37.9 Å². The standard InChI is InChI=1S/C34H35N5O7S/c1-38-21-35-37-33(38)47-20-27-15-29(25-11-9-23(18-40)10-12-25)46-32(45-27)26-13-7-22(8-14-26)17-39-30(41)16-28(31(39)42)36-34(43)44-19-24-5-3-2-4-6-24/h2-14,21,27-29,32,40H,15-20H2,1H3,(H,36,43)/t27-,28?,29+,32+/m0/s1. The number of aryl methyl sites for hydroxylation is 1. The molecule has 2 fully saturated rings. The molecule has 3 heterocycles. The first-order valence-electron chi connectivity index (χ1n) is 15.2. The van der Waals surface area contributed by atoms with Crippen molar-refractivity contribution < 1.29 is 33.7 Å². The fourth-order valence-corrected chi connectivity index (χ4v) is 6.33.